The molecule has 0 fully saturated rings. The van der Waals surface area contributed by atoms with E-state index in [-0.39, 0.29) is 4.90 Å². The van der Waals surface area contributed by atoms with Gasteiger partial charge < -0.3 is 0 Å². The molecule has 2 rings (SSSR count). The third kappa shape index (κ3) is 3.19. The second-order valence-electron chi connectivity index (χ2n) is 3.93. The smallest absolute Gasteiger partial charge is 0.185 e. The predicted molar refractivity (Wildman–Crippen MR) is 71.4 cm³/mol. The first-order valence-electron chi connectivity index (χ1n) is 5.31. The molecule has 0 atom stereocenters. The van der Waals surface area contributed by atoms with Crippen LogP contribution in [0.15, 0.2) is 51.8 Å². The number of hydrogen-bond donors (Lipinski definition) is 0. The fraction of sp³-hybridized carbons (Fsp3) is 0.0769. The topological polar surface area (TPSA) is 34.1 Å². The van der Waals surface area contributed by atoms with Gasteiger partial charge in [-0.05, 0) is 29.8 Å². The number of sulfone groups is 1. The van der Waals surface area contributed by atoms with Crippen molar-refractivity contribution in [2.45, 2.75) is 10.6 Å². The van der Waals surface area contributed by atoms with Crippen molar-refractivity contribution in [2.24, 2.45) is 0 Å². The molecule has 0 radical (unpaired) electrons. The van der Waals surface area contributed by atoms with Crippen LogP contribution in [0.4, 0.5) is 8.78 Å². The van der Waals surface area contributed by atoms with E-state index in [1.807, 2.05) is 0 Å². The summed E-state index contributed by atoms with van der Waals surface area (Å²) in [5.74, 6) is -1.66. The van der Waals surface area contributed by atoms with Gasteiger partial charge in [0, 0.05) is 4.47 Å². The second kappa shape index (κ2) is 5.38. The van der Waals surface area contributed by atoms with E-state index < -0.39 is 27.2 Å². The van der Waals surface area contributed by atoms with Crippen molar-refractivity contribution >= 4 is 25.8 Å². The Balaban J connectivity index is 2.40. The van der Waals surface area contributed by atoms with E-state index in [0.29, 0.717) is 10.0 Å². The van der Waals surface area contributed by atoms with Crippen molar-refractivity contribution < 1.29 is 17.2 Å². The Hall–Kier alpha value is -1.27. The quantitative estimate of drug-likeness (QED) is 0.849. The highest BCUT2D eigenvalue weighted by Gasteiger charge is 2.20. The molecule has 0 bridgehead atoms. The molecule has 0 N–H and O–H groups in total. The van der Waals surface area contributed by atoms with Crippen molar-refractivity contribution in [3.8, 4) is 0 Å². The van der Waals surface area contributed by atoms with Crippen molar-refractivity contribution in [3.63, 3.8) is 0 Å². The molecular weight excluding hydrogens is 338 g/mol. The molecule has 0 amide bonds. The minimum absolute atomic E-state index is 0.340. The van der Waals surface area contributed by atoms with E-state index in [0.717, 1.165) is 12.1 Å². The monoisotopic (exact) mass is 346 g/mol. The van der Waals surface area contributed by atoms with E-state index in [1.54, 1.807) is 0 Å². The van der Waals surface area contributed by atoms with Gasteiger partial charge in [0.25, 0.3) is 0 Å². The van der Waals surface area contributed by atoms with E-state index in [4.69, 9.17) is 0 Å². The molecule has 0 saturated heterocycles. The highest BCUT2D eigenvalue weighted by molar-refractivity contribution is 9.10. The molecule has 2 aromatic rings. The molecular formula is C13H9BrF2O2S. The van der Waals surface area contributed by atoms with E-state index in [2.05, 4.69) is 15.9 Å². The maximum absolute atomic E-state index is 13.5. The van der Waals surface area contributed by atoms with Crippen molar-refractivity contribution in [2.75, 3.05) is 0 Å². The van der Waals surface area contributed by atoms with Crippen LogP contribution in [0.1, 0.15) is 5.56 Å². The zero-order valence-corrected chi connectivity index (χ0v) is 12.0. The Bertz CT molecular complexity index is 714. The van der Waals surface area contributed by atoms with Gasteiger partial charge in [0.1, 0.15) is 16.5 Å². The maximum atomic E-state index is 13.5. The summed E-state index contributed by atoms with van der Waals surface area (Å²) in [5, 5.41) is 0. The summed E-state index contributed by atoms with van der Waals surface area (Å²) >= 11 is 3.09. The van der Waals surface area contributed by atoms with Gasteiger partial charge in [0.2, 0.25) is 0 Å². The van der Waals surface area contributed by atoms with Gasteiger partial charge in [-0.25, -0.2) is 17.2 Å². The molecule has 0 aliphatic rings. The number of benzene rings is 2. The Morgan fingerprint density at radius 2 is 1.74 bits per heavy atom. The van der Waals surface area contributed by atoms with Crippen molar-refractivity contribution in [1.29, 1.82) is 0 Å². The lowest BCUT2D eigenvalue weighted by Gasteiger charge is -2.07. The van der Waals surface area contributed by atoms with E-state index >= 15 is 0 Å². The number of halogens is 3. The summed E-state index contributed by atoms with van der Waals surface area (Å²) in [6.07, 6.45) is 0. The molecule has 0 unspecified atom stereocenters. The Labute approximate surface area is 118 Å². The molecule has 0 spiro atoms. The Morgan fingerprint density at radius 1 is 1.05 bits per heavy atom. The summed E-state index contributed by atoms with van der Waals surface area (Å²) in [4.78, 5) is -0.355. The zero-order valence-electron chi connectivity index (χ0n) is 9.61. The molecule has 0 saturated carbocycles. The molecule has 6 heteroatoms. The first-order chi connectivity index (χ1) is 8.90. The minimum Gasteiger partial charge on any atom is -0.223 e. The summed E-state index contributed by atoms with van der Waals surface area (Å²) in [6, 6.07) is 8.87. The van der Waals surface area contributed by atoms with Gasteiger partial charge in [0.05, 0.1) is 5.75 Å². The van der Waals surface area contributed by atoms with E-state index in [9.17, 15) is 17.2 Å². The molecule has 2 nitrogen and oxygen atoms in total. The minimum atomic E-state index is -3.81. The predicted octanol–water partition coefficient (Wildman–Crippen LogP) is 3.70. The molecule has 0 aliphatic carbocycles. The first-order valence-corrected chi connectivity index (χ1v) is 7.76. The van der Waals surface area contributed by atoms with Gasteiger partial charge in [-0.3, -0.25) is 0 Å². The van der Waals surface area contributed by atoms with Gasteiger partial charge in [-0.15, -0.1) is 0 Å². The zero-order chi connectivity index (χ0) is 14.0. The molecule has 0 heterocycles. The lowest BCUT2D eigenvalue weighted by molar-refractivity contribution is 0.566. The fourth-order valence-corrected chi connectivity index (χ4v) is 3.76. The van der Waals surface area contributed by atoms with Gasteiger partial charge >= 0.3 is 0 Å². The van der Waals surface area contributed by atoms with Crippen molar-refractivity contribution in [1.82, 2.24) is 0 Å². The SMILES string of the molecule is O=S(=O)(Cc1ccc(F)cc1Br)c1ccccc1F. The normalized spacial score (nSPS) is 11.5. The van der Waals surface area contributed by atoms with Crippen LogP contribution in [0.2, 0.25) is 0 Å². The van der Waals surface area contributed by atoms with Crippen LogP contribution in [0.25, 0.3) is 0 Å². The van der Waals surface area contributed by atoms with Crippen LogP contribution in [0.3, 0.4) is 0 Å². The molecule has 19 heavy (non-hydrogen) atoms. The first kappa shape index (κ1) is 14.1. The van der Waals surface area contributed by atoms with Crippen LogP contribution < -0.4 is 0 Å². The fourth-order valence-electron chi connectivity index (χ4n) is 1.62. The molecule has 0 aromatic heterocycles. The lowest BCUT2D eigenvalue weighted by Crippen LogP contribution is -2.07. The van der Waals surface area contributed by atoms with Crippen LogP contribution in [-0.2, 0) is 15.6 Å². The highest BCUT2D eigenvalue weighted by Crippen LogP contribution is 2.24. The summed E-state index contributed by atoms with van der Waals surface area (Å²) in [5.41, 5.74) is 0.379. The molecule has 2 aromatic carbocycles. The van der Waals surface area contributed by atoms with Gasteiger partial charge in [-0.1, -0.05) is 34.1 Å². The largest absolute Gasteiger partial charge is 0.223 e. The van der Waals surface area contributed by atoms with Gasteiger partial charge in [0.15, 0.2) is 9.84 Å². The number of hydrogen-bond acceptors (Lipinski definition) is 2. The van der Waals surface area contributed by atoms with Crippen LogP contribution in [-0.4, -0.2) is 8.42 Å². The van der Waals surface area contributed by atoms with Crippen molar-refractivity contribution in [3.05, 3.63) is 64.1 Å². The van der Waals surface area contributed by atoms with Gasteiger partial charge in [-0.2, -0.15) is 0 Å². The van der Waals surface area contributed by atoms with Crippen LogP contribution >= 0.6 is 15.9 Å². The third-order valence-electron chi connectivity index (χ3n) is 2.53. The summed E-state index contributed by atoms with van der Waals surface area (Å²) in [7, 11) is -3.81. The lowest BCUT2D eigenvalue weighted by atomic mass is 10.2. The molecule has 100 valence electrons. The van der Waals surface area contributed by atoms with Crippen LogP contribution in [0, 0.1) is 11.6 Å². The summed E-state index contributed by atoms with van der Waals surface area (Å²) in [6.45, 7) is 0. The number of rotatable bonds is 3. The summed E-state index contributed by atoms with van der Waals surface area (Å²) < 4.78 is 51.0. The Morgan fingerprint density at radius 3 is 2.37 bits per heavy atom. The Kier molecular flexibility index (Phi) is 4.01. The highest BCUT2D eigenvalue weighted by atomic mass is 79.9. The average Bonchev–Trinajstić information content (AvgIpc) is 2.33. The second-order valence-corrected chi connectivity index (χ2v) is 6.74. The average molecular weight is 347 g/mol. The molecule has 0 aliphatic heterocycles. The van der Waals surface area contributed by atoms with Crippen LogP contribution in [0.5, 0.6) is 0 Å². The third-order valence-corrected chi connectivity index (χ3v) is 4.96. The maximum Gasteiger partial charge on any atom is 0.185 e. The van der Waals surface area contributed by atoms with E-state index in [1.165, 1.54) is 30.3 Å². The standard InChI is InChI=1S/C13H9BrF2O2S/c14-11-7-10(15)6-5-9(11)8-19(17,18)13-4-2-1-3-12(13)16/h1-7H,8H2.